The van der Waals surface area contributed by atoms with E-state index >= 15 is 0 Å². The summed E-state index contributed by atoms with van der Waals surface area (Å²) >= 11 is 0. The zero-order valence-corrected chi connectivity index (χ0v) is 12.5. The van der Waals surface area contributed by atoms with E-state index in [9.17, 15) is 4.79 Å². The van der Waals surface area contributed by atoms with Gasteiger partial charge in [0, 0.05) is 12.2 Å². The summed E-state index contributed by atoms with van der Waals surface area (Å²) < 4.78 is 11.2. The first-order valence-corrected chi connectivity index (χ1v) is 7.51. The summed E-state index contributed by atoms with van der Waals surface area (Å²) in [6.07, 6.45) is 2.08. The van der Waals surface area contributed by atoms with Crippen LogP contribution >= 0.6 is 0 Å². The van der Waals surface area contributed by atoms with Gasteiger partial charge in [0.25, 0.3) is 0 Å². The minimum absolute atomic E-state index is 0.0601. The highest BCUT2D eigenvalue weighted by atomic mass is 16.5. The molecule has 2 heterocycles. The quantitative estimate of drug-likeness (QED) is 0.917. The summed E-state index contributed by atoms with van der Waals surface area (Å²) in [6.45, 7) is 3.23. The second kappa shape index (κ2) is 6.03. The fourth-order valence-corrected chi connectivity index (χ4v) is 3.29. The highest BCUT2D eigenvalue weighted by Gasteiger charge is 2.40. The monoisotopic (exact) mass is 290 g/mol. The highest BCUT2D eigenvalue weighted by molar-refractivity contribution is 5.81. The molecular formula is C16H22N2O3. The molecule has 2 aliphatic rings. The van der Waals surface area contributed by atoms with Gasteiger partial charge in [-0.15, -0.1) is 0 Å². The maximum absolute atomic E-state index is 12.3. The van der Waals surface area contributed by atoms with Gasteiger partial charge in [0.2, 0.25) is 5.91 Å². The molecule has 2 aliphatic heterocycles. The molecular weight excluding hydrogens is 268 g/mol. The van der Waals surface area contributed by atoms with E-state index in [1.54, 1.807) is 7.11 Å². The number of hydrogen-bond donors (Lipinski definition) is 1. The largest absolute Gasteiger partial charge is 0.496 e. The summed E-state index contributed by atoms with van der Waals surface area (Å²) in [7, 11) is 1.66. The van der Waals surface area contributed by atoms with E-state index in [0.29, 0.717) is 6.54 Å². The van der Waals surface area contributed by atoms with Crippen molar-refractivity contribution >= 4 is 5.91 Å². The number of amides is 1. The normalized spacial score (nSPS) is 27.1. The van der Waals surface area contributed by atoms with Gasteiger partial charge in [-0.1, -0.05) is 18.2 Å². The average Bonchev–Trinajstić information content (AvgIpc) is 3.16. The lowest BCUT2D eigenvalue weighted by Gasteiger charge is -2.34. The van der Waals surface area contributed by atoms with Crippen molar-refractivity contribution in [2.45, 2.75) is 38.1 Å². The molecule has 1 aromatic rings. The number of ether oxygens (including phenoxy) is 2. The van der Waals surface area contributed by atoms with Crippen molar-refractivity contribution in [3.63, 3.8) is 0 Å². The lowest BCUT2D eigenvalue weighted by molar-refractivity contribution is -0.132. The molecule has 3 atom stereocenters. The van der Waals surface area contributed by atoms with Crippen LogP contribution in [0.1, 0.15) is 31.5 Å². The number of carbonyl (C=O) groups excluding carboxylic acids is 1. The van der Waals surface area contributed by atoms with Gasteiger partial charge in [0.05, 0.1) is 25.8 Å². The summed E-state index contributed by atoms with van der Waals surface area (Å²) in [5, 5.41) is 3.29. The van der Waals surface area contributed by atoms with Gasteiger partial charge in [-0.05, 0) is 25.8 Å². The smallest absolute Gasteiger partial charge is 0.238 e. The van der Waals surface area contributed by atoms with Crippen molar-refractivity contribution < 1.29 is 14.3 Å². The number of carbonyl (C=O) groups is 1. The Balaban J connectivity index is 1.88. The van der Waals surface area contributed by atoms with Crippen LogP contribution in [-0.2, 0) is 9.53 Å². The SMILES string of the molecule is COc1ccccc1C1NCC(=O)N1C(C)C1CCCO1. The number of hydrogen-bond acceptors (Lipinski definition) is 4. The van der Waals surface area contributed by atoms with E-state index in [-0.39, 0.29) is 24.2 Å². The lowest BCUT2D eigenvalue weighted by Crippen LogP contribution is -2.44. The van der Waals surface area contributed by atoms with Crippen molar-refractivity contribution in [3.8, 4) is 5.75 Å². The number of methoxy groups -OCH3 is 1. The lowest BCUT2D eigenvalue weighted by atomic mass is 10.1. The van der Waals surface area contributed by atoms with Crippen LogP contribution in [0.25, 0.3) is 0 Å². The molecule has 0 spiro atoms. The van der Waals surface area contributed by atoms with Crippen molar-refractivity contribution in [1.82, 2.24) is 10.2 Å². The second-order valence-corrected chi connectivity index (χ2v) is 5.62. The molecule has 1 aromatic carbocycles. The third-order valence-corrected chi connectivity index (χ3v) is 4.39. The Morgan fingerprint density at radius 1 is 1.43 bits per heavy atom. The molecule has 0 saturated carbocycles. The van der Waals surface area contributed by atoms with E-state index in [1.165, 1.54) is 0 Å². The molecule has 114 valence electrons. The summed E-state index contributed by atoms with van der Waals surface area (Å²) in [6, 6.07) is 7.90. The third-order valence-electron chi connectivity index (χ3n) is 4.39. The standard InChI is InChI=1S/C16H22N2O3/c1-11(13-8-5-9-21-13)18-15(19)10-17-16(18)12-6-3-4-7-14(12)20-2/h3-4,6-7,11,13,16-17H,5,8-10H2,1-2H3. The van der Waals surface area contributed by atoms with Crippen LogP contribution in [-0.4, -0.2) is 43.2 Å². The Hall–Kier alpha value is -1.59. The molecule has 3 rings (SSSR count). The van der Waals surface area contributed by atoms with Gasteiger partial charge in [-0.25, -0.2) is 0 Å². The van der Waals surface area contributed by atoms with E-state index in [1.807, 2.05) is 29.2 Å². The van der Waals surface area contributed by atoms with Gasteiger partial charge in [-0.3, -0.25) is 10.1 Å². The van der Waals surface area contributed by atoms with E-state index in [4.69, 9.17) is 9.47 Å². The topological polar surface area (TPSA) is 50.8 Å². The van der Waals surface area contributed by atoms with Gasteiger partial charge < -0.3 is 14.4 Å². The maximum Gasteiger partial charge on any atom is 0.238 e. The number of nitrogens with zero attached hydrogens (tertiary/aromatic N) is 1. The highest BCUT2D eigenvalue weighted by Crippen LogP contribution is 2.33. The van der Waals surface area contributed by atoms with E-state index in [2.05, 4.69) is 12.2 Å². The predicted molar refractivity (Wildman–Crippen MR) is 79.0 cm³/mol. The van der Waals surface area contributed by atoms with Crippen LogP contribution in [0.4, 0.5) is 0 Å². The van der Waals surface area contributed by atoms with Gasteiger partial charge in [0.1, 0.15) is 11.9 Å². The summed E-state index contributed by atoms with van der Waals surface area (Å²) in [5.74, 6) is 0.920. The molecule has 0 bridgehead atoms. The first kappa shape index (κ1) is 14.4. The zero-order chi connectivity index (χ0) is 14.8. The van der Waals surface area contributed by atoms with Crippen molar-refractivity contribution in [2.75, 3.05) is 20.3 Å². The maximum atomic E-state index is 12.3. The van der Waals surface area contributed by atoms with Gasteiger partial charge in [-0.2, -0.15) is 0 Å². The number of benzene rings is 1. The van der Waals surface area contributed by atoms with Gasteiger partial charge in [0.15, 0.2) is 0 Å². The summed E-state index contributed by atoms with van der Waals surface area (Å²) in [4.78, 5) is 14.2. The second-order valence-electron chi connectivity index (χ2n) is 5.62. The molecule has 5 heteroatoms. The van der Waals surface area contributed by atoms with Gasteiger partial charge >= 0.3 is 0 Å². The fourth-order valence-electron chi connectivity index (χ4n) is 3.29. The molecule has 3 unspecified atom stereocenters. The minimum Gasteiger partial charge on any atom is -0.496 e. The van der Waals surface area contributed by atoms with E-state index < -0.39 is 0 Å². The molecule has 0 radical (unpaired) electrons. The van der Waals surface area contributed by atoms with Crippen LogP contribution in [0.5, 0.6) is 5.75 Å². The Morgan fingerprint density at radius 3 is 2.95 bits per heavy atom. The molecule has 2 fully saturated rings. The van der Waals surface area contributed by atoms with E-state index in [0.717, 1.165) is 30.8 Å². The molecule has 1 N–H and O–H groups in total. The molecule has 0 aliphatic carbocycles. The van der Waals surface area contributed by atoms with Crippen LogP contribution < -0.4 is 10.1 Å². The third kappa shape index (κ3) is 2.63. The Labute approximate surface area is 125 Å². The molecule has 21 heavy (non-hydrogen) atoms. The molecule has 0 aromatic heterocycles. The number of para-hydroxylation sites is 1. The number of nitrogens with one attached hydrogen (secondary N) is 1. The van der Waals surface area contributed by atoms with Crippen LogP contribution in [0.2, 0.25) is 0 Å². The molecule has 5 nitrogen and oxygen atoms in total. The van der Waals surface area contributed by atoms with Crippen molar-refractivity contribution in [1.29, 1.82) is 0 Å². The number of rotatable bonds is 4. The Kier molecular flexibility index (Phi) is 4.12. The predicted octanol–water partition coefficient (Wildman–Crippen LogP) is 1.69. The first-order valence-electron chi connectivity index (χ1n) is 7.51. The first-order chi connectivity index (χ1) is 10.2. The molecule has 2 saturated heterocycles. The van der Waals surface area contributed by atoms with Crippen LogP contribution in [0.3, 0.4) is 0 Å². The fraction of sp³-hybridized carbons (Fsp3) is 0.562. The van der Waals surface area contributed by atoms with Crippen molar-refractivity contribution in [2.24, 2.45) is 0 Å². The van der Waals surface area contributed by atoms with Crippen LogP contribution in [0, 0.1) is 0 Å². The Bertz CT molecular complexity index is 514. The van der Waals surface area contributed by atoms with Crippen LogP contribution in [0.15, 0.2) is 24.3 Å². The average molecular weight is 290 g/mol. The summed E-state index contributed by atoms with van der Waals surface area (Å²) in [5.41, 5.74) is 0.996. The zero-order valence-electron chi connectivity index (χ0n) is 12.5. The Morgan fingerprint density at radius 2 is 2.24 bits per heavy atom. The minimum atomic E-state index is -0.146. The molecule has 1 amide bonds. The van der Waals surface area contributed by atoms with Crippen molar-refractivity contribution in [3.05, 3.63) is 29.8 Å².